The van der Waals surface area contributed by atoms with Crippen LogP contribution < -0.4 is 0 Å². The van der Waals surface area contributed by atoms with E-state index in [0.29, 0.717) is 24.0 Å². The van der Waals surface area contributed by atoms with Gasteiger partial charge in [0.2, 0.25) is 0 Å². The molecule has 0 aromatic carbocycles. The van der Waals surface area contributed by atoms with E-state index >= 15 is 0 Å². The number of hydrogen-bond donors (Lipinski definition) is 1. The summed E-state index contributed by atoms with van der Waals surface area (Å²) < 4.78 is 0. The first-order valence-corrected chi connectivity index (χ1v) is 8.06. The van der Waals surface area contributed by atoms with Gasteiger partial charge in [0.25, 0.3) is 0 Å². The maximum absolute atomic E-state index is 12.6. The van der Waals surface area contributed by atoms with Gasteiger partial charge in [-0.2, -0.15) is 0 Å². The molecule has 5 unspecified atom stereocenters. The highest BCUT2D eigenvalue weighted by Crippen LogP contribution is 2.60. The molecule has 5 atom stereocenters. The highest BCUT2D eigenvalue weighted by molar-refractivity contribution is 5.85. The second kappa shape index (κ2) is 3.82. The van der Waals surface area contributed by atoms with Crippen LogP contribution in [0.4, 0.5) is 0 Å². The van der Waals surface area contributed by atoms with Gasteiger partial charge < -0.3 is 5.11 Å². The summed E-state index contributed by atoms with van der Waals surface area (Å²) in [5.41, 5.74) is -0.667. The molecule has 2 saturated heterocycles. The van der Waals surface area contributed by atoms with E-state index in [1.807, 2.05) is 0 Å². The lowest BCUT2D eigenvalue weighted by Crippen LogP contribution is -2.75. The van der Waals surface area contributed by atoms with Crippen LogP contribution >= 0.6 is 0 Å². The average Bonchev–Trinajstić information content (AvgIpc) is 2.33. The van der Waals surface area contributed by atoms with Crippen LogP contribution in [0.15, 0.2) is 0 Å². The van der Waals surface area contributed by atoms with Crippen molar-refractivity contribution in [3.8, 4) is 0 Å². The highest BCUT2D eigenvalue weighted by Gasteiger charge is 2.67. The third-order valence-corrected chi connectivity index (χ3v) is 6.53. The van der Waals surface area contributed by atoms with Crippen LogP contribution in [-0.2, 0) is 4.79 Å². The number of nitrogens with zero attached hydrogens (tertiary/aromatic N) is 1. The molecule has 106 valence electrons. The van der Waals surface area contributed by atoms with Crippen molar-refractivity contribution < 1.29 is 9.90 Å². The minimum absolute atomic E-state index is 0.0260. The molecule has 2 saturated carbocycles. The van der Waals surface area contributed by atoms with E-state index in [-0.39, 0.29) is 11.5 Å². The zero-order valence-electron chi connectivity index (χ0n) is 11.9. The Morgan fingerprint density at radius 3 is 2.74 bits per heavy atom. The fourth-order valence-corrected chi connectivity index (χ4v) is 6.27. The maximum Gasteiger partial charge on any atom is 0.140 e. The van der Waals surface area contributed by atoms with Gasteiger partial charge in [-0.15, -0.1) is 0 Å². The predicted molar refractivity (Wildman–Crippen MR) is 72.7 cm³/mol. The number of Topliss-reactive ketones (excluding diaryl/α,β-unsaturated/α-hetero) is 1. The molecule has 3 nitrogen and oxygen atoms in total. The second-order valence-electron chi connectivity index (χ2n) is 7.63. The fourth-order valence-electron chi connectivity index (χ4n) is 6.27. The molecule has 2 bridgehead atoms. The lowest BCUT2D eigenvalue weighted by atomic mass is 9.47. The lowest BCUT2D eigenvalue weighted by Gasteiger charge is -2.68. The molecule has 4 rings (SSSR count). The zero-order chi connectivity index (χ0) is 13.3. The van der Waals surface area contributed by atoms with E-state index in [4.69, 9.17) is 0 Å². The number of ketones is 1. The average molecular weight is 263 g/mol. The smallest absolute Gasteiger partial charge is 0.140 e. The van der Waals surface area contributed by atoms with Gasteiger partial charge in [0, 0.05) is 23.8 Å². The van der Waals surface area contributed by atoms with Crippen LogP contribution in [0.3, 0.4) is 0 Å². The molecule has 19 heavy (non-hydrogen) atoms. The van der Waals surface area contributed by atoms with Crippen LogP contribution in [0, 0.1) is 17.8 Å². The van der Waals surface area contributed by atoms with Gasteiger partial charge in [-0.3, -0.25) is 9.69 Å². The Balaban J connectivity index is 1.87. The van der Waals surface area contributed by atoms with Crippen LogP contribution in [0.5, 0.6) is 0 Å². The molecule has 2 aliphatic carbocycles. The normalized spacial score (nSPS) is 53.8. The molecule has 1 spiro atoms. The fraction of sp³-hybridized carbons (Fsp3) is 0.938. The monoisotopic (exact) mass is 263 g/mol. The van der Waals surface area contributed by atoms with Crippen LogP contribution in [-0.4, -0.2) is 40.0 Å². The zero-order valence-corrected chi connectivity index (χ0v) is 11.9. The SMILES string of the molecule is CC1CC2(O)CC(=O)C3CCCN4CCCC2C34C1. The van der Waals surface area contributed by atoms with Crippen molar-refractivity contribution in [2.75, 3.05) is 13.1 Å². The Labute approximate surface area is 115 Å². The number of rotatable bonds is 0. The minimum atomic E-state index is -0.693. The summed E-state index contributed by atoms with van der Waals surface area (Å²) in [7, 11) is 0. The molecule has 0 aromatic rings. The molecule has 0 aromatic heterocycles. The molecule has 0 radical (unpaired) electrons. The van der Waals surface area contributed by atoms with Crippen LogP contribution in [0.2, 0.25) is 0 Å². The summed E-state index contributed by atoms with van der Waals surface area (Å²) >= 11 is 0. The third kappa shape index (κ3) is 1.43. The highest BCUT2D eigenvalue weighted by atomic mass is 16.3. The van der Waals surface area contributed by atoms with E-state index in [2.05, 4.69) is 11.8 Å². The lowest BCUT2D eigenvalue weighted by molar-refractivity contribution is -0.220. The Bertz CT molecular complexity index is 421. The molecule has 4 fully saturated rings. The van der Waals surface area contributed by atoms with Gasteiger partial charge >= 0.3 is 0 Å². The summed E-state index contributed by atoms with van der Waals surface area (Å²) in [4.78, 5) is 15.2. The molecular weight excluding hydrogens is 238 g/mol. The van der Waals surface area contributed by atoms with E-state index in [0.717, 1.165) is 45.2 Å². The Morgan fingerprint density at radius 1 is 1.21 bits per heavy atom. The van der Waals surface area contributed by atoms with Crippen molar-refractivity contribution in [3.05, 3.63) is 0 Å². The first kappa shape index (κ1) is 12.3. The van der Waals surface area contributed by atoms with Gasteiger partial charge in [0.15, 0.2) is 0 Å². The molecule has 0 amide bonds. The van der Waals surface area contributed by atoms with Gasteiger partial charge in [-0.05, 0) is 57.5 Å². The maximum atomic E-state index is 12.6. The number of carbonyl (C=O) groups excluding carboxylic acids is 1. The van der Waals surface area contributed by atoms with E-state index in [9.17, 15) is 9.90 Å². The van der Waals surface area contributed by atoms with Crippen molar-refractivity contribution in [2.24, 2.45) is 17.8 Å². The summed E-state index contributed by atoms with van der Waals surface area (Å²) in [6, 6.07) is 0. The summed E-state index contributed by atoms with van der Waals surface area (Å²) in [6.45, 7) is 4.55. The number of hydrogen-bond acceptors (Lipinski definition) is 3. The van der Waals surface area contributed by atoms with Crippen LogP contribution in [0.25, 0.3) is 0 Å². The van der Waals surface area contributed by atoms with Crippen LogP contribution in [0.1, 0.15) is 51.9 Å². The Hall–Kier alpha value is -0.410. The second-order valence-corrected chi connectivity index (χ2v) is 7.63. The molecule has 2 heterocycles. The molecule has 2 aliphatic heterocycles. The third-order valence-electron chi connectivity index (χ3n) is 6.53. The van der Waals surface area contributed by atoms with Gasteiger partial charge in [-0.25, -0.2) is 0 Å². The van der Waals surface area contributed by atoms with E-state index in [1.54, 1.807) is 0 Å². The van der Waals surface area contributed by atoms with Gasteiger partial charge in [-0.1, -0.05) is 6.92 Å². The first-order valence-electron chi connectivity index (χ1n) is 8.06. The van der Waals surface area contributed by atoms with E-state index in [1.165, 1.54) is 6.42 Å². The summed E-state index contributed by atoms with van der Waals surface area (Å²) in [5.74, 6) is 1.48. The molecular formula is C16H25NO2. The Morgan fingerprint density at radius 2 is 1.95 bits per heavy atom. The van der Waals surface area contributed by atoms with Crippen molar-refractivity contribution >= 4 is 5.78 Å². The van der Waals surface area contributed by atoms with Crippen molar-refractivity contribution in [3.63, 3.8) is 0 Å². The minimum Gasteiger partial charge on any atom is -0.389 e. The number of piperidine rings is 2. The molecule has 3 heteroatoms. The van der Waals surface area contributed by atoms with E-state index < -0.39 is 5.60 Å². The Kier molecular flexibility index (Phi) is 2.48. The quantitative estimate of drug-likeness (QED) is 0.726. The topological polar surface area (TPSA) is 40.5 Å². The van der Waals surface area contributed by atoms with Crippen molar-refractivity contribution in [2.45, 2.75) is 63.0 Å². The summed E-state index contributed by atoms with van der Waals surface area (Å²) in [6.07, 6.45) is 6.96. The van der Waals surface area contributed by atoms with Gasteiger partial charge in [0.05, 0.1) is 5.60 Å². The van der Waals surface area contributed by atoms with Gasteiger partial charge in [0.1, 0.15) is 5.78 Å². The number of aliphatic hydroxyl groups is 1. The summed E-state index contributed by atoms with van der Waals surface area (Å²) in [5, 5.41) is 11.1. The first-order chi connectivity index (χ1) is 9.06. The van der Waals surface area contributed by atoms with Crippen molar-refractivity contribution in [1.29, 1.82) is 0 Å². The molecule has 4 aliphatic rings. The predicted octanol–water partition coefficient (Wildman–Crippen LogP) is 1.98. The molecule has 1 N–H and O–H groups in total. The largest absolute Gasteiger partial charge is 0.389 e. The standard InChI is InChI=1S/C16H25NO2/c1-11-8-15(19)10-13(18)12-4-2-6-17-7-3-5-14(15)16(12,17)9-11/h11-12,14,19H,2-10H2,1H3. The number of carbonyl (C=O) groups is 1. The van der Waals surface area contributed by atoms with Crippen molar-refractivity contribution in [1.82, 2.24) is 4.90 Å².